The van der Waals surface area contributed by atoms with Crippen molar-refractivity contribution in [2.45, 2.75) is 39.2 Å². The number of carbonyl (C=O) groups is 1. The molecular formula is C19H23F2N5O2. The highest BCUT2D eigenvalue weighted by atomic mass is 19.1. The van der Waals surface area contributed by atoms with E-state index in [2.05, 4.69) is 4.98 Å². The number of amides is 1. The molecule has 2 aliphatic heterocycles. The Bertz CT molecular complexity index is 1050. The summed E-state index contributed by atoms with van der Waals surface area (Å²) >= 11 is 0. The first-order valence-corrected chi connectivity index (χ1v) is 9.27. The summed E-state index contributed by atoms with van der Waals surface area (Å²) in [5.74, 6) is -0.970. The van der Waals surface area contributed by atoms with E-state index in [9.17, 15) is 18.4 Å². The highest BCUT2D eigenvalue weighted by molar-refractivity contribution is 6.11. The van der Waals surface area contributed by atoms with Gasteiger partial charge in [0.05, 0.1) is 11.4 Å². The normalized spacial score (nSPS) is 23.8. The maximum Gasteiger partial charge on any atom is 0.278 e. The number of piperazine rings is 1. The van der Waals surface area contributed by atoms with E-state index in [1.165, 1.54) is 31.5 Å². The molecule has 0 saturated carbocycles. The third kappa shape index (κ3) is 2.45. The quantitative estimate of drug-likeness (QED) is 0.691. The van der Waals surface area contributed by atoms with Crippen molar-refractivity contribution in [1.82, 2.24) is 14.5 Å². The molecule has 4 rings (SSSR count). The molecule has 150 valence electrons. The fraction of sp³-hybridized carbons (Fsp3) is 0.526. The van der Waals surface area contributed by atoms with Crippen LogP contribution in [0.1, 0.15) is 19.5 Å². The molecule has 1 fully saturated rings. The molecule has 0 bridgehead atoms. The van der Waals surface area contributed by atoms with Gasteiger partial charge < -0.3 is 4.90 Å². The van der Waals surface area contributed by atoms with Gasteiger partial charge in [0, 0.05) is 31.6 Å². The van der Waals surface area contributed by atoms with Crippen molar-refractivity contribution in [2.75, 3.05) is 29.9 Å². The molecule has 0 N–H and O–H groups in total. The van der Waals surface area contributed by atoms with Crippen molar-refractivity contribution in [3.8, 4) is 0 Å². The van der Waals surface area contributed by atoms with Gasteiger partial charge in [0.15, 0.2) is 6.30 Å². The van der Waals surface area contributed by atoms with Crippen LogP contribution in [-0.4, -0.2) is 58.9 Å². The number of hydrogen-bond acceptors (Lipinski definition) is 5. The molecule has 2 aromatic heterocycles. The largest absolute Gasteiger partial charge is 0.354 e. The van der Waals surface area contributed by atoms with E-state index in [1.54, 1.807) is 0 Å². The van der Waals surface area contributed by atoms with Gasteiger partial charge in [-0.2, -0.15) is 0 Å². The molecule has 1 amide bonds. The first-order chi connectivity index (χ1) is 13.1. The number of rotatable bonds is 1. The summed E-state index contributed by atoms with van der Waals surface area (Å²) in [6.45, 7) is 5.62. The number of likely N-dealkylation sites (N-methyl/N-ethyl adjacent to an activating group) is 1. The second-order valence-electron chi connectivity index (χ2n) is 7.73. The summed E-state index contributed by atoms with van der Waals surface area (Å²) < 4.78 is 30.2. The van der Waals surface area contributed by atoms with E-state index in [-0.39, 0.29) is 17.4 Å². The molecule has 7 nitrogen and oxygen atoms in total. The first kappa shape index (κ1) is 18.8. The number of hydrogen-bond donors (Lipinski definition) is 0. The Morgan fingerprint density at radius 2 is 1.89 bits per heavy atom. The highest BCUT2D eigenvalue weighted by Crippen LogP contribution is 2.41. The van der Waals surface area contributed by atoms with E-state index >= 15 is 0 Å². The zero-order chi connectivity index (χ0) is 20.5. The third-order valence-electron chi connectivity index (χ3n) is 5.89. The van der Waals surface area contributed by atoms with Crippen molar-refractivity contribution in [1.29, 1.82) is 0 Å². The van der Waals surface area contributed by atoms with E-state index in [0.717, 1.165) is 4.90 Å². The molecule has 1 saturated heterocycles. The Labute approximate surface area is 161 Å². The minimum atomic E-state index is -1.69. The summed E-state index contributed by atoms with van der Waals surface area (Å²) in [6, 6.07) is 0.785. The van der Waals surface area contributed by atoms with Crippen LogP contribution in [0.25, 0.3) is 11.0 Å². The predicted molar refractivity (Wildman–Crippen MR) is 103 cm³/mol. The van der Waals surface area contributed by atoms with Gasteiger partial charge in [0.1, 0.15) is 23.2 Å². The molecule has 0 radical (unpaired) electrons. The molecule has 2 aromatic rings. The highest BCUT2D eigenvalue weighted by Gasteiger charge is 2.46. The maximum atomic E-state index is 14.5. The van der Waals surface area contributed by atoms with E-state index < -0.39 is 29.6 Å². The molecule has 0 aliphatic carbocycles. The van der Waals surface area contributed by atoms with Crippen molar-refractivity contribution in [3.63, 3.8) is 0 Å². The van der Waals surface area contributed by atoms with E-state index in [4.69, 9.17) is 0 Å². The van der Waals surface area contributed by atoms with Crippen LogP contribution in [-0.2, 0) is 11.8 Å². The number of aryl methyl sites for hydroxylation is 2. The molecule has 2 aliphatic rings. The lowest BCUT2D eigenvalue weighted by atomic mass is 9.99. The first-order valence-electron chi connectivity index (χ1n) is 9.27. The van der Waals surface area contributed by atoms with Crippen LogP contribution in [0.3, 0.4) is 0 Å². The average molecular weight is 391 g/mol. The molecular weight excluding hydrogens is 368 g/mol. The van der Waals surface area contributed by atoms with Crippen LogP contribution in [0.4, 0.5) is 20.2 Å². The van der Waals surface area contributed by atoms with Gasteiger partial charge >= 0.3 is 0 Å². The maximum absolute atomic E-state index is 14.5. The molecule has 4 heterocycles. The number of pyridine rings is 2. The van der Waals surface area contributed by atoms with Crippen molar-refractivity contribution < 1.29 is 13.6 Å². The van der Waals surface area contributed by atoms with Crippen LogP contribution >= 0.6 is 0 Å². The van der Waals surface area contributed by atoms with Crippen LogP contribution in [0.5, 0.6) is 0 Å². The SMILES string of the molecule is Cc1nc2c(cc1F)c1c(c(=O)n2C)N(C(C)F)C(=O)C2CN(C)C(C)CN12. The van der Waals surface area contributed by atoms with Gasteiger partial charge in [-0.25, -0.2) is 13.8 Å². The summed E-state index contributed by atoms with van der Waals surface area (Å²) in [4.78, 5) is 35.3. The Kier molecular flexibility index (Phi) is 4.18. The Morgan fingerprint density at radius 3 is 2.54 bits per heavy atom. The Morgan fingerprint density at radius 1 is 1.21 bits per heavy atom. The number of nitrogens with zero attached hydrogens (tertiary/aromatic N) is 5. The second-order valence-corrected chi connectivity index (χ2v) is 7.73. The van der Waals surface area contributed by atoms with Crippen LogP contribution in [0.2, 0.25) is 0 Å². The molecule has 3 atom stereocenters. The predicted octanol–water partition coefficient (Wildman–Crippen LogP) is 1.55. The lowest BCUT2D eigenvalue weighted by Gasteiger charge is -2.50. The van der Waals surface area contributed by atoms with Gasteiger partial charge in [-0.1, -0.05) is 0 Å². The fourth-order valence-corrected chi connectivity index (χ4v) is 4.17. The summed E-state index contributed by atoms with van der Waals surface area (Å²) in [6.07, 6.45) is -1.69. The monoisotopic (exact) mass is 391 g/mol. The number of alkyl halides is 1. The van der Waals surface area contributed by atoms with E-state index in [1.807, 2.05) is 23.8 Å². The zero-order valence-corrected chi connectivity index (χ0v) is 16.5. The minimum absolute atomic E-state index is 0.0481. The van der Waals surface area contributed by atoms with Gasteiger partial charge in [-0.05, 0) is 33.9 Å². The number of anilines is 2. The third-order valence-corrected chi connectivity index (χ3v) is 5.89. The molecule has 9 heteroatoms. The fourth-order valence-electron chi connectivity index (χ4n) is 4.17. The van der Waals surface area contributed by atoms with Crippen LogP contribution in [0.15, 0.2) is 10.9 Å². The molecule has 28 heavy (non-hydrogen) atoms. The van der Waals surface area contributed by atoms with Gasteiger partial charge in [-0.15, -0.1) is 0 Å². The second kappa shape index (κ2) is 6.23. The molecule has 3 unspecified atom stereocenters. The molecule has 0 spiro atoms. The van der Waals surface area contributed by atoms with Crippen molar-refractivity contribution >= 4 is 28.3 Å². The number of fused-ring (bicyclic) bond motifs is 5. The topological polar surface area (TPSA) is 61.7 Å². The van der Waals surface area contributed by atoms with Gasteiger partial charge in [-0.3, -0.25) is 24.0 Å². The number of halogens is 2. The standard InChI is InChI=1S/C19H23F2N5O2/c1-9-7-25-14(8-23(9)4)18(27)26(11(3)20)16-15(25)12-6-13(21)10(2)22-17(12)24(5)19(16)28/h6,9,11,14H,7-8H2,1-5H3. The van der Waals surface area contributed by atoms with Crippen LogP contribution in [0, 0.1) is 12.7 Å². The summed E-state index contributed by atoms with van der Waals surface area (Å²) in [7, 11) is 3.40. The average Bonchev–Trinajstić information content (AvgIpc) is 2.62. The van der Waals surface area contributed by atoms with Crippen molar-refractivity contribution in [3.05, 3.63) is 27.9 Å². The minimum Gasteiger partial charge on any atom is -0.354 e. The number of aromatic nitrogens is 2. The van der Waals surface area contributed by atoms with Gasteiger partial charge in [0.25, 0.3) is 11.5 Å². The Hall–Kier alpha value is -2.55. The summed E-state index contributed by atoms with van der Waals surface area (Å²) in [5, 5.41) is 0.403. The zero-order valence-electron chi connectivity index (χ0n) is 16.5. The van der Waals surface area contributed by atoms with Crippen LogP contribution < -0.4 is 15.4 Å². The van der Waals surface area contributed by atoms with Crippen molar-refractivity contribution in [2.24, 2.45) is 7.05 Å². The lowest BCUT2D eigenvalue weighted by molar-refractivity contribution is -0.122. The smallest absolute Gasteiger partial charge is 0.278 e. The summed E-state index contributed by atoms with van der Waals surface area (Å²) in [5.41, 5.74) is 0.303. The lowest BCUT2D eigenvalue weighted by Crippen LogP contribution is -2.66. The van der Waals surface area contributed by atoms with Gasteiger partial charge in [0.2, 0.25) is 0 Å². The number of carbonyl (C=O) groups excluding carboxylic acids is 1. The molecule has 0 aromatic carbocycles. The van der Waals surface area contributed by atoms with E-state index in [0.29, 0.717) is 29.8 Å². The Balaban J connectivity index is 2.12.